The average molecular weight is 407 g/mol. The van der Waals surface area contributed by atoms with Crippen molar-refractivity contribution in [1.29, 1.82) is 0 Å². The average Bonchev–Trinajstić information content (AvgIpc) is 3.08. The smallest absolute Gasteiger partial charge is 0.369 e. The highest BCUT2D eigenvalue weighted by Crippen LogP contribution is 2.57. The van der Waals surface area contributed by atoms with E-state index in [-0.39, 0.29) is 30.0 Å². The summed E-state index contributed by atoms with van der Waals surface area (Å²) in [6.07, 6.45) is 5.30. The second-order valence-electron chi connectivity index (χ2n) is 5.56. The van der Waals surface area contributed by atoms with Gasteiger partial charge in [0.15, 0.2) is 11.2 Å². The molecule has 0 aliphatic heterocycles. The first-order valence-corrected chi connectivity index (χ1v) is 10.2. The third-order valence-corrected chi connectivity index (χ3v) is 5.77. The SMILES string of the molecule is Nc1nc2c(ncn2[C@H]2C=C[C@@H](COP(=O)(O)OP(=O)(O)O)C2)c(=O)[nH]1. The molecule has 0 fully saturated rings. The first-order chi connectivity index (χ1) is 12.0. The van der Waals surface area contributed by atoms with Crippen LogP contribution in [-0.4, -0.2) is 40.8 Å². The van der Waals surface area contributed by atoms with Crippen LogP contribution in [0.2, 0.25) is 0 Å². The van der Waals surface area contributed by atoms with Gasteiger partial charge in [0.25, 0.3) is 5.56 Å². The van der Waals surface area contributed by atoms with Crippen LogP contribution in [0.5, 0.6) is 0 Å². The molecule has 0 amide bonds. The number of allylic oxidation sites excluding steroid dienone is 1. The van der Waals surface area contributed by atoms with Crippen LogP contribution in [0.3, 0.4) is 0 Å². The predicted molar refractivity (Wildman–Crippen MR) is 87.8 cm³/mol. The van der Waals surface area contributed by atoms with Gasteiger partial charge in [0.2, 0.25) is 5.95 Å². The lowest BCUT2D eigenvalue weighted by Gasteiger charge is -2.16. The number of imidazole rings is 1. The molecule has 15 heteroatoms. The summed E-state index contributed by atoms with van der Waals surface area (Å²) in [5.74, 6) is -0.389. The molecule has 1 aliphatic rings. The van der Waals surface area contributed by atoms with Crippen molar-refractivity contribution in [3.63, 3.8) is 0 Å². The van der Waals surface area contributed by atoms with Crippen molar-refractivity contribution in [2.75, 3.05) is 12.3 Å². The van der Waals surface area contributed by atoms with Gasteiger partial charge in [-0.25, -0.2) is 14.1 Å². The van der Waals surface area contributed by atoms with Gasteiger partial charge in [0.1, 0.15) is 0 Å². The highest BCUT2D eigenvalue weighted by atomic mass is 31.3. The van der Waals surface area contributed by atoms with Crippen LogP contribution in [0.4, 0.5) is 5.95 Å². The van der Waals surface area contributed by atoms with Crippen LogP contribution in [0.25, 0.3) is 11.2 Å². The van der Waals surface area contributed by atoms with Gasteiger partial charge >= 0.3 is 15.6 Å². The molecule has 3 rings (SSSR count). The van der Waals surface area contributed by atoms with E-state index >= 15 is 0 Å². The maximum atomic E-state index is 11.8. The van der Waals surface area contributed by atoms with Crippen molar-refractivity contribution < 1.29 is 32.6 Å². The Balaban J connectivity index is 1.69. The number of anilines is 1. The molecular formula is C11H15N5O8P2. The van der Waals surface area contributed by atoms with E-state index in [0.717, 1.165) is 0 Å². The van der Waals surface area contributed by atoms with Crippen LogP contribution < -0.4 is 11.3 Å². The van der Waals surface area contributed by atoms with Crippen LogP contribution in [0.1, 0.15) is 12.5 Å². The molecule has 0 saturated heterocycles. The molecule has 2 aromatic rings. The first kappa shape index (κ1) is 18.9. The van der Waals surface area contributed by atoms with Crippen LogP contribution in [0, 0.1) is 5.92 Å². The Bertz CT molecular complexity index is 1010. The minimum absolute atomic E-state index is 0.0538. The molecule has 1 unspecified atom stereocenters. The second-order valence-corrected chi connectivity index (χ2v) is 8.39. The molecule has 0 spiro atoms. The van der Waals surface area contributed by atoms with Gasteiger partial charge in [-0.15, -0.1) is 0 Å². The molecule has 2 aromatic heterocycles. The molecule has 0 radical (unpaired) electrons. The van der Waals surface area contributed by atoms with Gasteiger partial charge < -0.3 is 25.0 Å². The van der Waals surface area contributed by atoms with E-state index in [2.05, 4.69) is 23.8 Å². The molecule has 2 heterocycles. The van der Waals surface area contributed by atoms with Gasteiger partial charge in [0, 0.05) is 5.92 Å². The Morgan fingerprint density at radius 3 is 2.77 bits per heavy atom. The molecule has 0 bridgehead atoms. The summed E-state index contributed by atoms with van der Waals surface area (Å²) in [6, 6.07) is -0.261. The molecular weight excluding hydrogens is 392 g/mol. The van der Waals surface area contributed by atoms with Gasteiger partial charge in [-0.1, -0.05) is 12.2 Å². The third-order valence-electron chi connectivity index (χ3n) is 3.62. The Kier molecular flexibility index (Phi) is 4.88. The Morgan fingerprint density at radius 2 is 2.08 bits per heavy atom. The number of aromatic nitrogens is 4. The summed E-state index contributed by atoms with van der Waals surface area (Å²) in [5.41, 5.74) is 5.49. The fraction of sp³-hybridized carbons (Fsp3) is 0.364. The Labute approximate surface area is 145 Å². The molecule has 1 aliphatic carbocycles. The maximum absolute atomic E-state index is 11.8. The number of nitrogens with one attached hydrogen (secondary N) is 1. The van der Waals surface area contributed by atoms with Gasteiger partial charge in [-0.3, -0.25) is 14.3 Å². The molecule has 0 saturated carbocycles. The molecule has 0 aromatic carbocycles. The number of nitrogens with zero attached hydrogens (tertiary/aromatic N) is 3. The lowest BCUT2D eigenvalue weighted by atomic mass is 10.1. The van der Waals surface area contributed by atoms with E-state index < -0.39 is 21.2 Å². The normalized spacial score (nSPS) is 22.7. The van der Waals surface area contributed by atoms with Gasteiger partial charge in [-0.2, -0.15) is 9.29 Å². The van der Waals surface area contributed by atoms with Crippen LogP contribution >= 0.6 is 15.6 Å². The van der Waals surface area contributed by atoms with Crippen molar-refractivity contribution >= 4 is 32.8 Å². The summed E-state index contributed by atoms with van der Waals surface area (Å²) in [6.45, 7) is -0.302. The first-order valence-electron chi connectivity index (χ1n) is 7.19. The van der Waals surface area contributed by atoms with Crippen molar-refractivity contribution in [3.05, 3.63) is 28.8 Å². The number of phosphoric ester groups is 1. The highest BCUT2D eigenvalue weighted by molar-refractivity contribution is 7.60. The minimum atomic E-state index is -5.16. The number of phosphoric acid groups is 2. The van der Waals surface area contributed by atoms with E-state index in [1.54, 1.807) is 16.7 Å². The number of nitrogen functional groups attached to an aromatic ring is 1. The summed E-state index contributed by atoms with van der Waals surface area (Å²) >= 11 is 0. The molecule has 13 nitrogen and oxygen atoms in total. The standard InChI is InChI=1S/C11H15N5O8P2/c12-11-14-9-8(10(17)15-11)13-5-16(9)7-2-1-6(3-7)4-23-26(21,22)24-25(18,19)20/h1-2,5-7H,3-4H2,(H,21,22)(H2,18,19,20)(H3,12,14,15,17)/t6-,7+/m1/s1. The number of hydrogen-bond donors (Lipinski definition) is 5. The predicted octanol–water partition coefficient (Wildman–Crippen LogP) is 0.0453. The number of aromatic amines is 1. The van der Waals surface area contributed by atoms with Crippen LogP contribution in [0.15, 0.2) is 23.3 Å². The molecule has 3 atom stereocenters. The maximum Gasteiger partial charge on any atom is 0.481 e. The summed E-state index contributed by atoms with van der Waals surface area (Å²) < 4.78 is 32.0. The third kappa shape index (κ3) is 4.27. The highest BCUT2D eigenvalue weighted by Gasteiger charge is 2.34. The largest absolute Gasteiger partial charge is 0.481 e. The zero-order valence-corrected chi connectivity index (χ0v) is 14.8. The summed E-state index contributed by atoms with van der Waals surface area (Å²) in [7, 11) is -10.0. The van der Waals surface area contributed by atoms with Crippen molar-refractivity contribution in [2.24, 2.45) is 5.92 Å². The number of H-pyrrole nitrogens is 1. The monoisotopic (exact) mass is 407 g/mol. The van der Waals surface area contributed by atoms with Crippen molar-refractivity contribution in [1.82, 2.24) is 19.5 Å². The number of fused-ring (bicyclic) bond motifs is 1. The van der Waals surface area contributed by atoms with E-state index in [9.17, 15) is 18.8 Å². The van der Waals surface area contributed by atoms with E-state index in [1.807, 2.05) is 0 Å². The fourth-order valence-corrected chi connectivity index (χ4v) is 4.26. The Morgan fingerprint density at radius 1 is 1.35 bits per heavy atom. The van der Waals surface area contributed by atoms with E-state index in [4.69, 9.17) is 15.5 Å². The van der Waals surface area contributed by atoms with E-state index in [1.165, 1.54) is 6.33 Å². The Hall–Kier alpha value is -1.85. The molecule has 6 N–H and O–H groups in total. The number of hydrogen-bond acceptors (Lipinski definition) is 8. The lowest BCUT2D eigenvalue weighted by molar-refractivity contribution is 0.163. The molecule has 26 heavy (non-hydrogen) atoms. The zero-order valence-electron chi connectivity index (χ0n) is 13.0. The van der Waals surface area contributed by atoms with Crippen LogP contribution in [-0.2, 0) is 18.0 Å². The number of rotatable bonds is 6. The zero-order chi connectivity index (χ0) is 19.1. The van der Waals surface area contributed by atoms with E-state index in [0.29, 0.717) is 12.1 Å². The molecule has 142 valence electrons. The summed E-state index contributed by atoms with van der Waals surface area (Å²) in [4.78, 5) is 48.6. The van der Waals surface area contributed by atoms with Gasteiger partial charge in [0.05, 0.1) is 19.0 Å². The summed E-state index contributed by atoms with van der Waals surface area (Å²) in [5, 5.41) is 0. The topological polar surface area (TPSA) is 203 Å². The number of nitrogens with two attached hydrogens (primary N) is 1. The fourth-order valence-electron chi connectivity index (χ4n) is 2.62. The van der Waals surface area contributed by atoms with Crippen molar-refractivity contribution in [3.8, 4) is 0 Å². The quantitative estimate of drug-likeness (QED) is 0.319. The minimum Gasteiger partial charge on any atom is -0.369 e. The lowest BCUT2D eigenvalue weighted by Crippen LogP contribution is -2.14. The van der Waals surface area contributed by atoms with Crippen molar-refractivity contribution in [2.45, 2.75) is 12.5 Å². The second kappa shape index (κ2) is 6.71. The van der Waals surface area contributed by atoms with Gasteiger partial charge in [-0.05, 0) is 6.42 Å².